The summed E-state index contributed by atoms with van der Waals surface area (Å²) in [6, 6.07) is 17.6. The number of hydrogen-bond acceptors (Lipinski definition) is 5. The second-order valence-electron chi connectivity index (χ2n) is 10.7. The number of nitrogens with one attached hydrogen (secondary N) is 1. The van der Waals surface area contributed by atoms with E-state index < -0.39 is 0 Å². The van der Waals surface area contributed by atoms with Gasteiger partial charge in [0.2, 0.25) is 5.91 Å². The Morgan fingerprint density at radius 1 is 1.05 bits per heavy atom. The average molecular weight is 656 g/mol. The molecule has 1 heterocycles. The van der Waals surface area contributed by atoms with Crippen molar-refractivity contribution >= 4 is 56.6 Å². The molecule has 0 aromatic heterocycles. The fourth-order valence-corrected chi connectivity index (χ4v) is 5.70. The van der Waals surface area contributed by atoms with Gasteiger partial charge in [0.25, 0.3) is 11.8 Å². The van der Waals surface area contributed by atoms with E-state index in [9.17, 15) is 14.4 Å². The Bertz CT molecular complexity index is 1460. The molecule has 3 aromatic rings. The molecular formula is C32H36BrClN4O4. The minimum atomic E-state index is -0.300. The quantitative estimate of drug-likeness (QED) is 0.293. The van der Waals surface area contributed by atoms with E-state index in [-0.39, 0.29) is 23.6 Å². The van der Waals surface area contributed by atoms with Gasteiger partial charge < -0.3 is 24.8 Å². The van der Waals surface area contributed by atoms with E-state index in [0.29, 0.717) is 51.6 Å². The molecule has 1 atom stereocenters. The zero-order chi connectivity index (χ0) is 30.4. The van der Waals surface area contributed by atoms with E-state index in [1.165, 1.54) is 7.11 Å². The van der Waals surface area contributed by atoms with Gasteiger partial charge >= 0.3 is 0 Å². The van der Waals surface area contributed by atoms with Crippen LogP contribution in [-0.2, 0) is 4.79 Å². The van der Waals surface area contributed by atoms with E-state index in [2.05, 4.69) is 21.2 Å². The molecule has 8 nitrogen and oxygen atoms in total. The van der Waals surface area contributed by atoms with E-state index in [1.54, 1.807) is 52.3 Å². The molecule has 222 valence electrons. The Morgan fingerprint density at radius 2 is 1.81 bits per heavy atom. The lowest BCUT2D eigenvalue weighted by Crippen LogP contribution is -2.34. The minimum Gasteiger partial charge on any atom is -0.495 e. The van der Waals surface area contributed by atoms with Gasteiger partial charge in [-0.05, 0) is 103 Å². The smallest absolute Gasteiger partial charge is 0.258 e. The number of carbonyl (C=O) groups excluding carboxylic acids is 3. The van der Waals surface area contributed by atoms with Crippen molar-refractivity contribution in [3.63, 3.8) is 0 Å². The standard InChI is InChI=1S/C32H36BrClN4O4/c1-36(2)16-17-37(3)30(39)19-21-8-7-15-38(28-14-12-23(34)20-25(21)28)32(41)22-11-13-27(29(18-22)42-4)35-31(40)24-9-5-6-10-26(24)33/h5-6,9-14,18,20-21H,7-8,15-17,19H2,1-4H3,(H,35,40). The van der Waals surface area contributed by atoms with Crippen LogP contribution in [0.1, 0.15) is 51.5 Å². The summed E-state index contributed by atoms with van der Waals surface area (Å²) in [5.41, 5.74) is 3.00. The first-order valence-corrected chi connectivity index (χ1v) is 15.0. The number of anilines is 2. The van der Waals surface area contributed by atoms with E-state index in [1.807, 2.05) is 44.2 Å². The third-order valence-electron chi connectivity index (χ3n) is 7.44. The van der Waals surface area contributed by atoms with Crippen molar-refractivity contribution in [1.82, 2.24) is 9.80 Å². The molecule has 3 aromatic carbocycles. The number of hydrogen-bond donors (Lipinski definition) is 1. The maximum atomic E-state index is 13.9. The Balaban J connectivity index is 1.57. The number of rotatable bonds is 9. The summed E-state index contributed by atoms with van der Waals surface area (Å²) in [5.74, 6) is -0.119. The normalized spacial score (nSPS) is 14.6. The molecule has 1 aliphatic rings. The van der Waals surface area contributed by atoms with Gasteiger partial charge in [-0.1, -0.05) is 23.7 Å². The van der Waals surface area contributed by atoms with Gasteiger partial charge in [-0.2, -0.15) is 0 Å². The molecule has 0 saturated carbocycles. The number of nitrogens with zero attached hydrogens (tertiary/aromatic N) is 3. The topological polar surface area (TPSA) is 82.2 Å². The van der Waals surface area contributed by atoms with Crippen LogP contribution < -0.4 is 15.0 Å². The first-order chi connectivity index (χ1) is 20.1. The largest absolute Gasteiger partial charge is 0.495 e. The van der Waals surface area contributed by atoms with Crippen LogP contribution in [0.4, 0.5) is 11.4 Å². The third kappa shape index (κ3) is 7.51. The summed E-state index contributed by atoms with van der Waals surface area (Å²) in [5, 5.41) is 3.44. The molecular weight excluding hydrogens is 620 g/mol. The molecule has 0 aliphatic carbocycles. The summed E-state index contributed by atoms with van der Waals surface area (Å²) >= 11 is 9.83. The summed E-state index contributed by atoms with van der Waals surface area (Å²) in [6.45, 7) is 1.93. The number of amides is 3. The Labute approximate surface area is 260 Å². The molecule has 1 unspecified atom stereocenters. The van der Waals surface area contributed by atoms with Gasteiger partial charge in [-0.25, -0.2) is 0 Å². The summed E-state index contributed by atoms with van der Waals surface area (Å²) in [4.78, 5) is 45.5. The number of halogens is 2. The van der Waals surface area contributed by atoms with Gasteiger partial charge in [0.1, 0.15) is 5.75 Å². The molecule has 3 amide bonds. The van der Waals surface area contributed by atoms with Crippen molar-refractivity contribution in [3.8, 4) is 5.75 Å². The van der Waals surface area contributed by atoms with Crippen molar-refractivity contribution in [2.45, 2.75) is 25.2 Å². The van der Waals surface area contributed by atoms with Crippen molar-refractivity contribution in [3.05, 3.63) is 86.8 Å². The number of carbonyl (C=O) groups is 3. The second kappa shape index (κ2) is 14.2. The lowest BCUT2D eigenvalue weighted by Gasteiger charge is -2.26. The second-order valence-corrected chi connectivity index (χ2v) is 12.0. The monoisotopic (exact) mass is 654 g/mol. The van der Waals surface area contributed by atoms with E-state index >= 15 is 0 Å². The van der Waals surface area contributed by atoms with Crippen LogP contribution in [0.5, 0.6) is 5.75 Å². The number of ether oxygens (including phenoxy) is 1. The molecule has 0 saturated heterocycles. The molecule has 0 fully saturated rings. The molecule has 0 bridgehead atoms. The summed E-state index contributed by atoms with van der Waals surface area (Å²) in [7, 11) is 7.29. The van der Waals surface area contributed by atoms with E-state index in [0.717, 1.165) is 30.6 Å². The van der Waals surface area contributed by atoms with Crippen molar-refractivity contribution in [2.24, 2.45) is 0 Å². The fourth-order valence-electron chi connectivity index (χ4n) is 5.05. The fraction of sp³-hybridized carbons (Fsp3) is 0.344. The highest BCUT2D eigenvalue weighted by atomic mass is 79.9. The molecule has 0 spiro atoms. The molecule has 42 heavy (non-hydrogen) atoms. The van der Waals surface area contributed by atoms with Crippen LogP contribution in [0.15, 0.2) is 65.1 Å². The highest BCUT2D eigenvalue weighted by molar-refractivity contribution is 9.10. The first kappa shape index (κ1) is 31.5. The maximum Gasteiger partial charge on any atom is 0.258 e. The van der Waals surface area contributed by atoms with Crippen LogP contribution >= 0.6 is 27.5 Å². The van der Waals surface area contributed by atoms with Crippen LogP contribution in [-0.4, -0.2) is 75.4 Å². The molecule has 4 rings (SSSR count). The van der Waals surface area contributed by atoms with Gasteiger partial charge in [-0.3, -0.25) is 14.4 Å². The average Bonchev–Trinajstić information content (AvgIpc) is 3.14. The number of likely N-dealkylation sites (N-methyl/N-ethyl adjacent to an activating group) is 2. The Hall–Kier alpha value is -3.40. The molecule has 0 radical (unpaired) electrons. The summed E-state index contributed by atoms with van der Waals surface area (Å²) in [6.07, 6.45) is 1.83. The van der Waals surface area contributed by atoms with Crippen LogP contribution in [0.3, 0.4) is 0 Å². The zero-order valence-corrected chi connectivity index (χ0v) is 26.7. The third-order valence-corrected chi connectivity index (χ3v) is 8.37. The van der Waals surface area contributed by atoms with Gasteiger partial charge in [0.15, 0.2) is 0 Å². The SMILES string of the molecule is COc1cc(C(=O)N2CCCC(CC(=O)N(C)CCN(C)C)c3cc(Cl)ccc32)ccc1NC(=O)c1ccccc1Br. The zero-order valence-electron chi connectivity index (χ0n) is 24.3. The molecule has 1 N–H and O–H groups in total. The molecule has 10 heteroatoms. The van der Waals surface area contributed by atoms with Crippen molar-refractivity contribution < 1.29 is 19.1 Å². The van der Waals surface area contributed by atoms with Crippen molar-refractivity contribution in [1.29, 1.82) is 0 Å². The lowest BCUT2D eigenvalue weighted by atomic mass is 9.90. The van der Waals surface area contributed by atoms with E-state index in [4.69, 9.17) is 16.3 Å². The predicted molar refractivity (Wildman–Crippen MR) is 171 cm³/mol. The predicted octanol–water partition coefficient (Wildman–Crippen LogP) is 6.30. The highest BCUT2D eigenvalue weighted by Crippen LogP contribution is 2.39. The lowest BCUT2D eigenvalue weighted by molar-refractivity contribution is -0.130. The van der Waals surface area contributed by atoms with Crippen molar-refractivity contribution in [2.75, 3.05) is 58.1 Å². The highest BCUT2D eigenvalue weighted by Gasteiger charge is 2.30. The first-order valence-electron chi connectivity index (χ1n) is 13.8. The number of fused-ring (bicyclic) bond motifs is 1. The molecule has 1 aliphatic heterocycles. The Kier molecular flexibility index (Phi) is 10.6. The summed E-state index contributed by atoms with van der Waals surface area (Å²) < 4.78 is 6.23. The van der Waals surface area contributed by atoms with Crippen LogP contribution in [0, 0.1) is 0 Å². The minimum absolute atomic E-state index is 0.0600. The Morgan fingerprint density at radius 3 is 2.52 bits per heavy atom. The van der Waals surface area contributed by atoms with Gasteiger partial charge in [0, 0.05) is 53.8 Å². The number of benzene rings is 3. The van der Waals surface area contributed by atoms with Gasteiger partial charge in [0.05, 0.1) is 18.4 Å². The maximum absolute atomic E-state index is 13.9. The number of methoxy groups -OCH3 is 1. The van der Waals surface area contributed by atoms with Crippen LogP contribution in [0.25, 0.3) is 0 Å². The van der Waals surface area contributed by atoms with Gasteiger partial charge in [-0.15, -0.1) is 0 Å². The van der Waals surface area contributed by atoms with Crippen LogP contribution in [0.2, 0.25) is 5.02 Å².